The van der Waals surface area contributed by atoms with E-state index in [9.17, 15) is 14.7 Å². The fourth-order valence-corrected chi connectivity index (χ4v) is 5.21. The molecule has 3 heterocycles. The first-order valence-corrected chi connectivity index (χ1v) is 10.3. The van der Waals surface area contributed by atoms with E-state index in [0.717, 1.165) is 5.56 Å². The van der Waals surface area contributed by atoms with Crippen molar-refractivity contribution < 1.29 is 24.2 Å². The Morgan fingerprint density at radius 3 is 2.53 bits per heavy atom. The summed E-state index contributed by atoms with van der Waals surface area (Å²) in [6.07, 6.45) is 0.371. The number of nitrogens with zero attached hydrogens (tertiary/aromatic N) is 2. The molecular weight excluding hydrogens is 384 g/mol. The Hall–Kier alpha value is -3.06. The highest BCUT2D eigenvalue weighted by atomic mass is 16.7. The first-order chi connectivity index (χ1) is 14.6. The van der Waals surface area contributed by atoms with Crippen molar-refractivity contribution >= 4 is 11.8 Å². The van der Waals surface area contributed by atoms with E-state index in [1.807, 2.05) is 42.2 Å². The van der Waals surface area contributed by atoms with Gasteiger partial charge < -0.3 is 24.4 Å². The quantitative estimate of drug-likeness (QED) is 0.837. The number of hydrogen-bond acceptors (Lipinski definition) is 5. The van der Waals surface area contributed by atoms with E-state index < -0.39 is 5.54 Å². The number of rotatable bonds is 4. The standard InChI is InChI=1S/C23H24N2O5/c1-2-20(27)25-17(11-26)21(15-6-4-3-5-7-15)23(25)12-24(13-23)22(28)16-8-9-18-19(10-16)30-14-29-18/h3-10,17,21,26H,2,11-14H2,1H3/t17-,21+/m1/s1. The molecule has 0 radical (unpaired) electrons. The summed E-state index contributed by atoms with van der Waals surface area (Å²) in [5.74, 6) is 1.13. The second-order valence-electron chi connectivity index (χ2n) is 8.09. The molecule has 7 nitrogen and oxygen atoms in total. The number of amides is 2. The van der Waals surface area contributed by atoms with E-state index in [-0.39, 0.29) is 37.2 Å². The van der Waals surface area contributed by atoms with Crippen LogP contribution in [0.15, 0.2) is 48.5 Å². The molecule has 0 saturated carbocycles. The number of hydrogen-bond donors (Lipinski definition) is 1. The van der Waals surface area contributed by atoms with Gasteiger partial charge in [-0.2, -0.15) is 0 Å². The van der Waals surface area contributed by atoms with Gasteiger partial charge in [0.25, 0.3) is 5.91 Å². The summed E-state index contributed by atoms with van der Waals surface area (Å²) >= 11 is 0. The normalized spacial score (nSPS) is 23.1. The number of benzene rings is 2. The summed E-state index contributed by atoms with van der Waals surface area (Å²) in [6, 6.07) is 14.9. The Balaban J connectivity index is 1.41. The molecule has 2 aromatic rings. The smallest absolute Gasteiger partial charge is 0.254 e. The van der Waals surface area contributed by atoms with Crippen molar-refractivity contribution in [1.29, 1.82) is 0 Å². The van der Waals surface area contributed by atoms with Crippen molar-refractivity contribution in [2.24, 2.45) is 0 Å². The van der Waals surface area contributed by atoms with Crippen LogP contribution in [0, 0.1) is 0 Å². The van der Waals surface area contributed by atoms with Gasteiger partial charge in [-0.3, -0.25) is 9.59 Å². The van der Waals surface area contributed by atoms with Gasteiger partial charge in [0.05, 0.1) is 18.2 Å². The summed E-state index contributed by atoms with van der Waals surface area (Å²) in [5.41, 5.74) is 1.16. The summed E-state index contributed by atoms with van der Waals surface area (Å²) in [7, 11) is 0. The summed E-state index contributed by atoms with van der Waals surface area (Å²) in [5, 5.41) is 10.0. The molecule has 0 unspecified atom stereocenters. The molecule has 30 heavy (non-hydrogen) atoms. The molecule has 1 spiro atoms. The maximum Gasteiger partial charge on any atom is 0.254 e. The van der Waals surface area contributed by atoms with Crippen LogP contribution in [0.25, 0.3) is 0 Å². The molecule has 1 N–H and O–H groups in total. The van der Waals surface area contributed by atoms with Gasteiger partial charge in [0.1, 0.15) is 0 Å². The van der Waals surface area contributed by atoms with Crippen LogP contribution in [0.3, 0.4) is 0 Å². The van der Waals surface area contributed by atoms with Gasteiger partial charge in [-0.25, -0.2) is 0 Å². The first-order valence-electron chi connectivity index (χ1n) is 10.3. The zero-order valence-corrected chi connectivity index (χ0v) is 16.8. The lowest BCUT2D eigenvalue weighted by Crippen LogP contribution is -2.85. The fourth-order valence-electron chi connectivity index (χ4n) is 5.21. The van der Waals surface area contributed by atoms with Crippen LogP contribution >= 0.6 is 0 Å². The van der Waals surface area contributed by atoms with Crippen molar-refractivity contribution in [3.8, 4) is 11.5 Å². The van der Waals surface area contributed by atoms with Crippen molar-refractivity contribution in [2.45, 2.75) is 30.8 Å². The van der Waals surface area contributed by atoms with Crippen LogP contribution in [0.2, 0.25) is 0 Å². The average Bonchev–Trinajstić information content (AvgIpc) is 3.20. The highest BCUT2D eigenvalue weighted by Gasteiger charge is 2.67. The molecule has 0 aliphatic carbocycles. The summed E-state index contributed by atoms with van der Waals surface area (Å²) in [6.45, 7) is 2.79. The lowest BCUT2D eigenvalue weighted by Gasteiger charge is -2.70. The number of carbonyl (C=O) groups is 2. The molecule has 156 valence electrons. The monoisotopic (exact) mass is 408 g/mol. The average molecular weight is 408 g/mol. The third-order valence-electron chi connectivity index (χ3n) is 6.53. The van der Waals surface area contributed by atoms with E-state index in [2.05, 4.69) is 0 Å². The van der Waals surface area contributed by atoms with Gasteiger partial charge in [0.15, 0.2) is 11.5 Å². The van der Waals surface area contributed by atoms with Crippen LogP contribution in [0.5, 0.6) is 11.5 Å². The number of likely N-dealkylation sites (tertiary alicyclic amines) is 2. The molecule has 3 aliphatic rings. The van der Waals surface area contributed by atoms with Crippen LogP contribution in [-0.2, 0) is 4.79 Å². The van der Waals surface area contributed by atoms with Crippen LogP contribution in [0.1, 0.15) is 35.2 Å². The van der Waals surface area contributed by atoms with Gasteiger partial charge in [-0.1, -0.05) is 37.3 Å². The SMILES string of the molecule is CCC(=O)N1[C@H](CO)[C@H](c2ccccc2)C12CN(C(=O)c1ccc3c(c1)OCO3)C2. The number of aliphatic hydroxyl groups is 1. The van der Waals surface area contributed by atoms with Crippen molar-refractivity contribution in [3.63, 3.8) is 0 Å². The molecular formula is C23H24N2O5. The largest absolute Gasteiger partial charge is 0.454 e. The highest BCUT2D eigenvalue weighted by Crippen LogP contribution is 2.54. The predicted octanol–water partition coefficient (Wildman–Crippen LogP) is 2.01. The molecule has 3 aliphatic heterocycles. The Bertz CT molecular complexity index is 986. The molecule has 2 saturated heterocycles. The van der Waals surface area contributed by atoms with E-state index in [1.54, 1.807) is 23.1 Å². The van der Waals surface area contributed by atoms with Gasteiger partial charge in [-0.05, 0) is 23.8 Å². The molecule has 0 aromatic heterocycles. The Morgan fingerprint density at radius 2 is 1.83 bits per heavy atom. The third-order valence-corrected chi connectivity index (χ3v) is 6.53. The Labute approximate surface area is 174 Å². The molecule has 7 heteroatoms. The van der Waals surface area contributed by atoms with Gasteiger partial charge in [-0.15, -0.1) is 0 Å². The zero-order valence-electron chi connectivity index (χ0n) is 16.8. The maximum absolute atomic E-state index is 13.1. The summed E-state index contributed by atoms with van der Waals surface area (Å²) < 4.78 is 10.7. The highest BCUT2D eigenvalue weighted by molar-refractivity contribution is 5.96. The maximum atomic E-state index is 13.1. The van der Waals surface area contributed by atoms with Crippen molar-refractivity contribution in [2.75, 3.05) is 26.5 Å². The lowest BCUT2D eigenvalue weighted by atomic mass is 9.60. The van der Waals surface area contributed by atoms with Gasteiger partial charge >= 0.3 is 0 Å². The number of carbonyl (C=O) groups excluding carboxylic acids is 2. The van der Waals surface area contributed by atoms with Crippen molar-refractivity contribution in [3.05, 3.63) is 59.7 Å². The molecule has 5 rings (SSSR count). The van der Waals surface area contributed by atoms with Crippen LogP contribution in [-0.4, -0.2) is 64.8 Å². The minimum Gasteiger partial charge on any atom is -0.454 e. The molecule has 2 amide bonds. The molecule has 2 atom stereocenters. The lowest BCUT2D eigenvalue weighted by molar-refractivity contribution is -0.193. The Kier molecular flexibility index (Phi) is 4.43. The number of ether oxygens (including phenoxy) is 2. The fraction of sp³-hybridized carbons (Fsp3) is 0.391. The molecule has 2 fully saturated rings. The topological polar surface area (TPSA) is 79.3 Å². The molecule has 0 bridgehead atoms. The van der Waals surface area contributed by atoms with E-state index in [0.29, 0.717) is 36.6 Å². The first kappa shape index (κ1) is 18.9. The van der Waals surface area contributed by atoms with E-state index in [4.69, 9.17) is 9.47 Å². The molecule has 2 aromatic carbocycles. The predicted molar refractivity (Wildman–Crippen MR) is 108 cm³/mol. The summed E-state index contributed by atoms with van der Waals surface area (Å²) in [4.78, 5) is 29.4. The number of aliphatic hydroxyl groups excluding tert-OH is 1. The van der Waals surface area contributed by atoms with Gasteiger partial charge in [0.2, 0.25) is 12.7 Å². The van der Waals surface area contributed by atoms with Crippen molar-refractivity contribution in [1.82, 2.24) is 9.80 Å². The second kappa shape index (κ2) is 7.02. The minimum absolute atomic E-state index is 0.00000362. The third kappa shape index (κ3) is 2.61. The van der Waals surface area contributed by atoms with Crippen LogP contribution < -0.4 is 9.47 Å². The second-order valence-corrected chi connectivity index (χ2v) is 8.09. The Morgan fingerprint density at radius 1 is 1.10 bits per heavy atom. The number of fused-ring (bicyclic) bond motifs is 1. The zero-order chi connectivity index (χ0) is 20.9. The van der Waals surface area contributed by atoms with E-state index in [1.165, 1.54) is 0 Å². The van der Waals surface area contributed by atoms with E-state index >= 15 is 0 Å². The minimum atomic E-state index is -0.464. The van der Waals surface area contributed by atoms with Gasteiger partial charge in [0, 0.05) is 31.0 Å². The van der Waals surface area contributed by atoms with Crippen LogP contribution in [0.4, 0.5) is 0 Å².